The van der Waals surface area contributed by atoms with E-state index >= 15 is 0 Å². The van der Waals surface area contributed by atoms with Gasteiger partial charge in [-0.1, -0.05) is 55.5 Å². The molecule has 4 nitrogen and oxygen atoms in total. The third kappa shape index (κ3) is 5.09. The Balaban J connectivity index is 1.41. The van der Waals surface area contributed by atoms with Crippen molar-refractivity contribution in [2.45, 2.75) is 19.3 Å². The van der Waals surface area contributed by atoms with Crippen molar-refractivity contribution in [3.8, 4) is 0 Å². The fourth-order valence-corrected chi connectivity index (χ4v) is 3.65. The zero-order chi connectivity index (χ0) is 18.2. The first-order valence-electron chi connectivity index (χ1n) is 9.71. The van der Waals surface area contributed by atoms with Gasteiger partial charge in [-0.2, -0.15) is 0 Å². The number of piperazine rings is 1. The Morgan fingerprint density at radius 2 is 1.65 bits per heavy atom. The number of nitrogens with zero attached hydrogens (tertiary/aromatic N) is 1. The minimum absolute atomic E-state index is 0.169. The summed E-state index contributed by atoms with van der Waals surface area (Å²) in [7, 11) is 0. The molecule has 1 atom stereocenters. The molecular formula is C22H30N3O+. The van der Waals surface area contributed by atoms with Crippen LogP contribution in [0.4, 0.5) is 5.69 Å². The van der Waals surface area contributed by atoms with Gasteiger partial charge in [-0.05, 0) is 24.1 Å². The monoisotopic (exact) mass is 352 g/mol. The highest BCUT2D eigenvalue weighted by atomic mass is 16.2. The summed E-state index contributed by atoms with van der Waals surface area (Å²) in [6.45, 7) is 7.52. The van der Waals surface area contributed by atoms with Gasteiger partial charge in [-0.25, -0.2) is 0 Å². The number of hydrogen-bond donors (Lipinski definition) is 2. The second-order valence-electron chi connectivity index (χ2n) is 7.07. The van der Waals surface area contributed by atoms with Crippen molar-refractivity contribution in [3.63, 3.8) is 0 Å². The Labute approximate surface area is 156 Å². The molecule has 0 bridgehead atoms. The minimum atomic E-state index is 0.169. The van der Waals surface area contributed by atoms with E-state index in [1.54, 1.807) is 0 Å². The van der Waals surface area contributed by atoms with Crippen molar-refractivity contribution >= 4 is 11.6 Å². The lowest BCUT2D eigenvalue weighted by Gasteiger charge is -2.33. The molecule has 1 fully saturated rings. The normalized spacial score (nSPS) is 16.3. The first kappa shape index (κ1) is 18.5. The Hall–Kier alpha value is -2.33. The van der Waals surface area contributed by atoms with Crippen molar-refractivity contribution in [2.24, 2.45) is 0 Å². The Kier molecular flexibility index (Phi) is 6.67. The largest absolute Gasteiger partial charge is 0.360 e. The van der Waals surface area contributed by atoms with Gasteiger partial charge < -0.3 is 15.1 Å². The van der Waals surface area contributed by atoms with E-state index in [1.165, 1.54) is 16.2 Å². The maximum atomic E-state index is 12.4. The Bertz CT molecular complexity index is 666. The molecule has 138 valence electrons. The minimum Gasteiger partial charge on any atom is -0.360 e. The van der Waals surface area contributed by atoms with E-state index in [4.69, 9.17) is 0 Å². The van der Waals surface area contributed by atoms with Crippen LogP contribution in [0.25, 0.3) is 0 Å². The maximum Gasteiger partial charge on any atom is 0.275 e. The zero-order valence-electron chi connectivity index (χ0n) is 15.7. The highest BCUT2D eigenvalue weighted by Gasteiger charge is 2.22. The number of benzene rings is 2. The van der Waals surface area contributed by atoms with Gasteiger partial charge in [0.05, 0.1) is 26.2 Å². The fourth-order valence-electron chi connectivity index (χ4n) is 3.65. The van der Waals surface area contributed by atoms with Crippen LogP contribution < -0.4 is 15.1 Å². The highest BCUT2D eigenvalue weighted by Crippen LogP contribution is 2.17. The van der Waals surface area contributed by atoms with E-state index in [0.29, 0.717) is 12.5 Å². The standard InChI is InChI=1S/C22H29N3O/c1-2-19(20-9-5-3-6-10-20)17-23-22(26)18-24-13-15-25(16-14-24)21-11-7-4-8-12-21/h3-12,19H,2,13-18H2,1H3,(H,23,26)/p+1/t19-/m0/s1. The SMILES string of the molecule is CC[C@@H](CNC(=O)C[NH+]1CCN(c2ccccc2)CC1)c1ccccc1. The van der Waals surface area contributed by atoms with E-state index in [9.17, 15) is 4.79 Å². The molecule has 2 aromatic carbocycles. The van der Waals surface area contributed by atoms with Crippen LogP contribution >= 0.6 is 0 Å². The summed E-state index contributed by atoms with van der Waals surface area (Å²) < 4.78 is 0. The highest BCUT2D eigenvalue weighted by molar-refractivity contribution is 5.76. The van der Waals surface area contributed by atoms with E-state index in [-0.39, 0.29) is 5.91 Å². The summed E-state index contributed by atoms with van der Waals surface area (Å²) in [4.78, 5) is 16.2. The van der Waals surface area contributed by atoms with Gasteiger partial charge in [0.15, 0.2) is 6.54 Å². The molecule has 3 rings (SSSR count). The summed E-state index contributed by atoms with van der Waals surface area (Å²) in [5.41, 5.74) is 2.59. The third-order valence-electron chi connectivity index (χ3n) is 5.31. The molecule has 0 saturated carbocycles. The molecule has 0 unspecified atom stereocenters. The lowest BCUT2D eigenvalue weighted by molar-refractivity contribution is -0.892. The number of nitrogens with one attached hydrogen (secondary N) is 2. The van der Waals surface area contributed by atoms with Gasteiger partial charge in [0, 0.05) is 18.2 Å². The molecule has 26 heavy (non-hydrogen) atoms. The average molecular weight is 353 g/mol. The molecule has 1 aliphatic rings. The fraction of sp³-hybridized carbons (Fsp3) is 0.409. The summed E-state index contributed by atoms with van der Waals surface area (Å²) in [5, 5.41) is 3.15. The van der Waals surface area contributed by atoms with Crippen molar-refractivity contribution in [2.75, 3.05) is 44.2 Å². The van der Waals surface area contributed by atoms with Crippen molar-refractivity contribution in [3.05, 3.63) is 66.2 Å². The van der Waals surface area contributed by atoms with Crippen molar-refractivity contribution in [1.82, 2.24) is 5.32 Å². The van der Waals surface area contributed by atoms with Crippen LogP contribution in [-0.2, 0) is 4.79 Å². The number of anilines is 1. The summed E-state index contributed by atoms with van der Waals surface area (Å²) in [6, 6.07) is 21.0. The second kappa shape index (κ2) is 9.39. The Morgan fingerprint density at radius 1 is 1.04 bits per heavy atom. The molecule has 0 aromatic heterocycles. The number of para-hydroxylation sites is 1. The summed E-state index contributed by atoms with van der Waals surface area (Å²) >= 11 is 0. The molecular weight excluding hydrogens is 322 g/mol. The molecule has 0 aliphatic carbocycles. The molecule has 2 N–H and O–H groups in total. The van der Waals surface area contributed by atoms with Crippen LogP contribution in [0.15, 0.2) is 60.7 Å². The summed E-state index contributed by atoms with van der Waals surface area (Å²) in [6.07, 6.45) is 1.03. The molecule has 0 radical (unpaired) electrons. The lowest BCUT2D eigenvalue weighted by Crippen LogP contribution is -3.16. The van der Waals surface area contributed by atoms with Gasteiger partial charge >= 0.3 is 0 Å². The van der Waals surface area contributed by atoms with Crippen LogP contribution in [0, 0.1) is 0 Å². The average Bonchev–Trinajstić information content (AvgIpc) is 2.70. The van der Waals surface area contributed by atoms with E-state index in [1.807, 2.05) is 12.1 Å². The van der Waals surface area contributed by atoms with Gasteiger partial charge in [0.25, 0.3) is 5.91 Å². The van der Waals surface area contributed by atoms with Crippen LogP contribution in [0.1, 0.15) is 24.8 Å². The number of rotatable bonds is 7. The number of hydrogen-bond acceptors (Lipinski definition) is 2. The molecule has 1 amide bonds. The van der Waals surface area contributed by atoms with Crippen molar-refractivity contribution in [1.29, 1.82) is 0 Å². The number of amides is 1. The van der Waals surface area contributed by atoms with Crippen LogP contribution in [0.3, 0.4) is 0 Å². The van der Waals surface area contributed by atoms with Gasteiger partial charge in [-0.3, -0.25) is 4.79 Å². The van der Waals surface area contributed by atoms with Gasteiger partial charge in [0.1, 0.15) is 0 Å². The second-order valence-corrected chi connectivity index (χ2v) is 7.07. The number of quaternary nitrogens is 1. The predicted octanol–water partition coefficient (Wildman–Crippen LogP) is 1.70. The van der Waals surface area contributed by atoms with E-state index in [0.717, 1.165) is 39.1 Å². The first-order chi connectivity index (χ1) is 12.8. The maximum absolute atomic E-state index is 12.4. The van der Waals surface area contributed by atoms with Crippen molar-refractivity contribution < 1.29 is 9.69 Å². The molecule has 1 saturated heterocycles. The molecule has 0 spiro atoms. The van der Waals surface area contributed by atoms with Gasteiger partial charge in [0.2, 0.25) is 0 Å². The number of carbonyl (C=O) groups is 1. The lowest BCUT2D eigenvalue weighted by atomic mass is 9.96. The van der Waals surface area contributed by atoms with Crippen LogP contribution in [-0.4, -0.2) is 45.2 Å². The molecule has 4 heteroatoms. The molecule has 2 aromatic rings. The zero-order valence-corrected chi connectivity index (χ0v) is 15.7. The van der Waals surface area contributed by atoms with Crippen LogP contribution in [0.5, 0.6) is 0 Å². The molecule has 1 aliphatic heterocycles. The molecule has 1 heterocycles. The first-order valence-corrected chi connectivity index (χ1v) is 9.71. The van der Waals surface area contributed by atoms with Gasteiger partial charge in [-0.15, -0.1) is 0 Å². The smallest absolute Gasteiger partial charge is 0.275 e. The third-order valence-corrected chi connectivity index (χ3v) is 5.31. The predicted molar refractivity (Wildman–Crippen MR) is 107 cm³/mol. The topological polar surface area (TPSA) is 36.8 Å². The van der Waals surface area contributed by atoms with Crippen LogP contribution in [0.2, 0.25) is 0 Å². The number of carbonyl (C=O) groups excluding carboxylic acids is 1. The Morgan fingerprint density at radius 3 is 2.27 bits per heavy atom. The van der Waals surface area contributed by atoms with E-state index < -0.39 is 0 Å². The summed E-state index contributed by atoms with van der Waals surface area (Å²) in [5.74, 6) is 0.563. The quantitative estimate of drug-likeness (QED) is 0.796. The van der Waals surface area contributed by atoms with E-state index in [2.05, 4.69) is 65.7 Å².